The molecular formula is C15H21ClN6O2. The monoisotopic (exact) mass is 352 g/mol. The molecule has 9 heteroatoms. The van der Waals surface area contributed by atoms with Crippen molar-refractivity contribution >= 4 is 24.0 Å². The maximum atomic E-state index is 11.9. The predicted octanol–water partition coefficient (Wildman–Crippen LogP) is 1.65. The maximum absolute atomic E-state index is 11.9. The van der Waals surface area contributed by atoms with Crippen molar-refractivity contribution in [3.8, 4) is 11.4 Å². The molecule has 0 radical (unpaired) electrons. The predicted molar refractivity (Wildman–Crippen MR) is 91.8 cm³/mol. The van der Waals surface area contributed by atoms with E-state index in [1.807, 2.05) is 6.07 Å². The molecule has 1 heterocycles. The Morgan fingerprint density at radius 1 is 1.46 bits per heavy atom. The second-order valence-corrected chi connectivity index (χ2v) is 5.55. The maximum Gasteiger partial charge on any atom is 0.224 e. The molecule has 1 amide bonds. The van der Waals surface area contributed by atoms with E-state index in [0.717, 1.165) is 24.4 Å². The minimum Gasteiger partial charge on any atom is -0.494 e. The molecule has 8 nitrogen and oxygen atoms in total. The third kappa shape index (κ3) is 4.01. The Bertz CT molecular complexity index is 701. The van der Waals surface area contributed by atoms with Gasteiger partial charge < -0.3 is 15.8 Å². The molecule has 1 fully saturated rings. The summed E-state index contributed by atoms with van der Waals surface area (Å²) in [6.45, 7) is 0.497. The fourth-order valence-corrected chi connectivity index (χ4v) is 2.38. The zero-order valence-electron chi connectivity index (χ0n) is 13.4. The fourth-order valence-electron chi connectivity index (χ4n) is 2.38. The third-order valence-electron chi connectivity index (χ3n) is 3.73. The number of aromatic nitrogens is 4. The van der Waals surface area contributed by atoms with Crippen molar-refractivity contribution in [2.45, 2.75) is 31.6 Å². The van der Waals surface area contributed by atoms with E-state index in [1.54, 1.807) is 23.9 Å². The van der Waals surface area contributed by atoms with E-state index in [4.69, 9.17) is 10.5 Å². The number of hydrogen-bond donors (Lipinski definition) is 2. The summed E-state index contributed by atoms with van der Waals surface area (Å²) in [7, 11) is 1.60. The Kier molecular flexibility index (Phi) is 6.10. The SMILES string of the molecule is COc1ccc(NC(=O)CCCN)cc1-n1nnnc1C1CC1.Cl. The molecule has 2 aromatic rings. The molecular weight excluding hydrogens is 332 g/mol. The van der Waals surface area contributed by atoms with Crippen LogP contribution in [0.25, 0.3) is 5.69 Å². The summed E-state index contributed by atoms with van der Waals surface area (Å²) in [6.07, 6.45) is 3.25. The number of amides is 1. The van der Waals surface area contributed by atoms with Crippen molar-refractivity contribution in [1.82, 2.24) is 20.2 Å². The van der Waals surface area contributed by atoms with Gasteiger partial charge in [0.1, 0.15) is 11.4 Å². The summed E-state index contributed by atoms with van der Waals surface area (Å²) in [6, 6.07) is 5.41. The van der Waals surface area contributed by atoms with Gasteiger partial charge in [-0.05, 0) is 54.4 Å². The lowest BCUT2D eigenvalue weighted by Gasteiger charge is -2.12. The van der Waals surface area contributed by atoms with E-state index in [0.29, 0.717) is 36.7 Å². The molecule has 0 unspecified atom stereocenters. The Morgan fingerprint density at radius 2 is 2.25 bits per heavy atom. The topological polar surface area (TPSA) is 108 Å². The van der Waals surface area contributed by atoms with E-state index < -0.39 is 0 Å². The zero-order chi connectivity index (χ0) is 16.2. The molecule has 3 rings (SSSR count). The lowest BCUT2D eigenvalue weighted by molar-refractivity contribution is -0.116. The first-order valence-electron chi connectivity index (χ1n) is 7.69. The number of halogens is 1. The normalized spacial score (nSPS) is 13.2. The molecule has 130 valence electrons. The summed E-state index contributed by atoms with van der Waals surface area (Å²) < 4.78 is 7.09. The first-order chi connectivity index (χ1) is 11.2. The van der Waals surface area contributed by atoms with Crippen LogP contribution in [0.1, 0.15) is 37.4 Å². The van der Waals surface area contributed by atoms with Gasteiger partial charge in [0.2, 0.25) is 5.91 Å². The van der Waals surface area contributed by atoms with Crippen LogP contribution in [0.4, 0.5) is 5.69 Å². The molecule has 1 aromatic carbocycles. The van der Waals surface area contributed by atoms with Crippen LogP contribution in [0, 0.1) is 0 Å². The molecule has 24 heavy (non-hydrogen) atoms. The van der Waals surface area contributed by atoms with Crippen LogP contribution in [-0.4, -0.2) is 39.8 Å². The number of benzene rings is 1. The second kappa shape index (κ2) is 8.07. The lowest BCUT2D eigenvalue weighted by Crippen LogP contribution is -2.14. The van der Waals surface area contributed by atoms with Crippen molar-refractivity contribution in [2.75, 3.05) is 19.0 Å². The van der Waals surface area contributed by atoms with Crippen LogP contribution in [0.3, 0.4) is 0 Å². The third-order valence-corrected chi connectivity index (χ3v) is 3.73. The highest BCUT2D eigenvalue weighted by Gasteiger charge is 2.30. The Hall–Kier alpha value is -2.19. The smallest absolute Gasteiger partial charge is 0.224 e. The number of methoxy groups -OCH3 is 1. The van der Waals surface area contributed by atoms with Gasteiger partial charge in [0.25, 0.3) is 0 Å². The highest BCUT2D eigenvalue weighted by Crippen LogP contribution is 2.40. The fraction of sp³-hybridized carbons (Fsp3) is 0.467. The summed E-state index contributed by atoms with van der Waals surface area (Å²) >= 11 is 0. The average Bonchev–Trinajstić information content (AvgIpc) is 3.29. The number of hydrogen-bond acceptors (Lipinski definition) is 6. The molecule has 1 saturated carbocycles. The molecule has 0 bridgehead atoms. The van der Waals surface area contributed by atoms with Crippen molar-refractivity contribution in [1.29, 1.82) is 0 Å². The number of rotatable bonds is 7. The highest BCUT2D eigenvalue weighted by molar-refractivity contribution is 5.91. The number of nitrogens with two attached hydrogens (primary N) is 1. The first-order valence-corrected chi connectivity index (χ1v) is 7.69. The number of carbonyl (C=O) groups is 1. The van der Waals surface area contributed by atoms with Gasteiger partial charge in [-0.1, -0.05) is 0 Å². The van der Waals surface area contributed by atoms with Gasteiger partial charge in [0, 0.05) is 18.0 Å². The van der Waals surface area contributed by atoms with Crippen LogP contribution < -0.4 is 15.8 Å². The molecule has 1 aliphatic carbocycles. The van der Waals surface area contributed by atoms with Crippen LogP contribution in [0.15, 0.2) is 18.2 Å². The van der Waals surface area contributed by atoms with Gasteiger partial charge in [0.05, 0.1) is 7.11 Å². The molecule has 0 saturated heterocycles. The first kappa shape index (κ1) is 18.2. The van der Waals surface area contributed by atoms with Gasteiger partial charge in [0.15, 0.2) is 5.82 Å². The Labute approximate surface area is 146 Å². The summed E-state index contributed by atoms with van der Waals surface area (Å²) in [5.74, 6) is 1.82. The lowest BCUT2D eigenvalue weighted by atomic mass is 10.2. The second-order valence-electron chi connectivity index (χ2n) is 5.55. The molecule has 0 atom stereocenters. The number of anilines is 1. The number of tetrazole rings is 1. The quantitative estimate of drug-likeness (QED) is 0.784. The van der Waals surface area contributed by atoms with Crippen molar-refractivity contribution in [3.05, 3.63) is 24.0 Å². The molecule has 0 spiro atoms. The van der Waals surface area contributed by atoms with Gasteiger partial charge in [-0.25, -0.2) is 0 Å². The van der Waals surface area contributed by atoms with E-state index in [9.17, 15) is 4.79 Å². The van der Waals surface area contributed by atoms with Crippen LogP contribution in [0.5, 0.6) is 5.75 Å². The highest BCUT2D eigenvalue weighted by atomic mass is 35.5. The molecule has 3 N–H and O–H groups in total. The van der Waals surface area contributed by atoms with Crippen molar-refractivity contribution < 1.29 is 9.53 Å². The Morgan fingerprint density at radius 3 is 2.92 bits per heavy atom. The summed E-state index contributed by atoms with van der Waals surface area (Å²) in [5, 5.41) is 14.8. The molecule has 1 aromatic heterocycles. The number of nitrogens with zero attached hydrogens (tertiary/aromatic N) is 4. The molecule has 0 aliphatic heterocycles. The van der Waals surface area contributed by atoms with Gasteiger partial charge in [-0.3, -0.25) is 4.79 Å². The van der Waals surface area contributed by atoms with Crippen molar-refractivity contribution in [3.63, 3.8) is 0 Å². The summed E-state index contributed by atoms with van der Waals surface area (Å²) in [5.41, 5.74) is 6.82. The van der Waals surface area contributed by atoms with Crippen LogP contribution >= 0.6 is 12.4 Å². The number of nitrogens with one attached hydrogen (secondary N) is 1. The zero-order valence-corrected chi connectivity index (χ0v) is 14.3. The largest absolute Gasteiger partial charge is 0.494 e. The van der Waals surface area contributed by atoms with E-state index in [2.05, 4.69) is 20.8 Å². The number of carbonyl (C=O) groups excluding carboxylic acids is 1. The van der Waals surface area contributed by atoms with Crippen LogP contribution in [-0.2, 0) is 4.79 Å². The minimum atomic E-state index is -0.0642. The van der Waals surface area contributed by atoms with E-state index in [-0.39, 0.29) is 18.3 Å². The van der Waals surface area contributed by atoms with Gasteiger partial charge in [-0.2, -0.15) is 4.68 Å². The summed E-state index contributed by atoms with van der Waals surface area (Å²) in [4.78, 5) is 11.9. The van der Waals surface area contributed by atoms with Crippen molar-refractivity contribution in [2.24, 2.45) is 5.73 Å². The van der Waals surface area contributed by atoms with Gasteiger partial charge in [-0.15, -0.1) is 17.5 Å². The van der Waals surface area contributed by atoms with E-state index >= 15 is 0 Å². The van der Waals surface area contributed by atoms with Crippen LogP contribution in [0.2, 0.25) is 0 Å². The molecule has 1 aliphatic rings. The van der Waals surface area contributed by atoms with Gasteiger partial charge >= 0.3 is 0 Å². The standard InChI is InChI=1S/C15H20N6O2.ClH/c1-23-13-7-6-11(17-14(22)3-2-8-16)9-12(13)21-15(10-4-5-10)18-19-20-21;/h6-7,9-10H,2-5,8,16H2,1H3,(H,17,22);1H. The minimum absolute atomic E-state index is 0. The van der Waals surface area contributed by atoms with E-state index in [1.165, 1.54) is 0 Å². The average molecular weight is 353 g/mol. The Balaban J connectivity index is 0.00000208. The number of ether oxygens (including phenoxy) is 1.